The number of hydrogen-bond acceptors (Lipinski definition) is 5. The largest absolute Gasteiger partial charge is 0.297 e. The molecule has 1 aliphatic rings. The molecular formula is C20H24N6. The molecule has 4 rings (SSSR count). The highest BCUT2D eigenvalue weighted by molar-refractivity contribution is 5.62. The van der Waals surface area contributed by atoms with Crippen LogP contribution in [0.5, 0.6) is 0 Å². The molecule has 1 atom stereocenters. The summed E-state index contributed by atoms with van der Waals surface area (Å²) in [5.74, 6) is 0.459. The second-order valence-corrected chi connectivity index (χ2v) is 7.07. The van der Waals surface area contributed by atoms with E-state index < -0.39 is 0 Å². The molecule has 6 heteroatoms. The monoisotopic (exact) mass is 348 g/mol. The third-order valence-electron chi connectivity index (χ3n) is 5.10. The molecule has 0 radical (unpaired) electrons. The first-order chi connectivity index (χ1) is 12.7. The molecule has 134 valence electrons. The lowest BCUT2D eigenvalue weighted by atomic mass is 9.92. The second-order valence-electron chi connectivity index (χ2n) is 7.07. The van der Waals surface area contributed by atoms with Crippen molar-refractivity contribution in [2.75, 3.05) is 13.1 Å². The predicted octanol–water partition coefficient (Wildman–Crippen LogP) is 2.96. The normalized spacial score (nSPS) is 18.2. The van der Waals surface area contributed by atoms with Crippen molar-refractivity contribution < 1.29 is 0 Å². The number of hydrogen-bond donors (Lipinski definition) is 0. The van der Waals surface area contributed by atoms with Crippen LogP contribution in [-0.2, 0) is 13.6 Å². The Bertz CT molecular complexity index is 873. The lowest BCUT2D eigenvalue weighted by Gasteiger charge is -2.32. The molecule has 0 bridgehead atoms. The van der Waals surface area contributed by atoms with Gasteiger partial charge in [-0.3, -0.25) is 14.6 Å². The molecule has 3 aromatic rings. The number of rotatable bonds is 4. The second kappa shape index (κ2) is 7.33. The molecule has 3 aromatic heterocycles. The summed E-state index contributed by atoms with van der Waals surface area (Å²) < 4.78 is 1.96. The third-order valence-corrected chi connectivity index (χ3v) is 5.10. The molecule has 1 saturated heterocycles. The van der Waals surface area contributed by atoms with E-state index in [2.05, 4.69) is 45.1 Å². The Labute approximate surface area is 153 Å². The molecular weight excluding hydrogens is 324 g/mol. The van der Waals surface area contributed by atoms with E-state index >= 15 is 0 Å². The van der Waals surface area contributed by atoms with Gasteiger partial charge < -0.3 is 0 Å². The maximum atomic E-state index is 4.85. The van der Waals surface area contributed by atoms with Gasteiger partial charge in [-0.15, -0.1) is 0 Å². The Hall–Kier alpha value is -2.60. The number of aromatic nitrogens is 5. The van der Waals surface area contributed by atoms with Gasteiger partial charge in [0.25, 0.3) is 0 Å². The van der Waals surface area contributed by atoms with Gasteiger partial charge >= 0.3 is 0 Å². The van der Waals surface area contributed by atoms with Gasteiger partial charge in [-0.1, -0.05) is 0 Å². The van der Waals surface area contributed by atoms with E-state index in [0.717, 1.165) is 36.5 Å². The van der Waals surface area contributed by atoms with Gasteiger partial charge in [0.2, 0.25) is 0 Å². The topological polar surface area (TPSA) is 59.7 Å². The fourth-order valence-electron chi connectivity index (χ4n) is 3.74. The molecule has 0 saturated carbocycles. The minimum Gasteiger partial charge on any atom is -0.297 e. The van der Waals surface area contributed by atoms with Gasteiger partial charge in [-0.2, -0.15) is 5.10 Å². The van der Waals surface area contributed by atoms with E-state index in [1.54, 1.807) is 6.33 Å². The first-order valence-electron chi connectivity index (χ1n) is 9.12. The molecule has 6 nitrogen and oxygen atoms in total. The first kappa shape index (κ1) is 16.8. The van der Waals surface area contributed by atoms with Gasteiger partial charge in [0.1, 0.15) is 6.33 Å². The summed E-state index contributed by atoms with van der Waals surface area (Å²) in [6, 6.07) is 6.42. The summed E-state index contributed by atoms with van der Waals surface area (Å²) in [6.07, 6.45) is 9.54. The molecule has 1 fully saturated rings. The zero-order valence-corrected chi connectivity index (χ0v) is 15.3. The average molecular weight is 348 g/mol. The maximum Gasteiger partial charge on any atom is 0.115 e. The van der Waals surface area contributed by atoms with Crippen LogP contribution in [0.2, 0.25) is 0 Å². The van der Waals surface area contributed by atoms with Crippen molar-refractivity contribution in [2.24, 2.45) is 7.05 Å². The summed E-state index contributed by atoms with van der Waals surface area (Å²) in [7, 11) is 2.01. The standard InChI is InChI=1S/C20H24N6/c1-15-8-17(18-10-21-14-22-11-18)9-20(24-15)16-4-3-7-26(12-16)13-19-5-6-23-25(19)2/h5-6,8-11,14,16H,3-4,7,12-13H2,1-2H3. The Balaban J connectivity index is 1.55. The summed E-state index contributed by atoms with van der Waals surface area (Å²) in [5, 5.41) is 4.28. The van der Waals surface area contributed by atoms with Crippen LogP contribution < -0.4 is 0 Å². The molecule has 0 amide bonds. The van der Waals surface area contributed by atoms with Gasteiger partial charge in [0.05, 0.1) is 5.69 Å². The Morgan fingerprint density at radius 1 is 1.15 bits per heavy atom. The highest BCUT2D eigenvalue weighted by atomic mass is 15.3. The van der Waals surface area contributed by atoms with E-state index in [-0.39, 0.29) is 0 Å². The number of piperidine rings is 1. The quantitative estimate of drug-likeness (QED) is 0.725. The van der Waals surface area contributed by atoms with E-state index in [9.17, 15) is 0 Å². The van der Waals surface area contributed by atoms with Gasteiger partial charge in [-0.25, -0.2) is 9.97 Å². The van der Waals surface area contributed by atoms with Crippen LogP contribution in [0, 0.1) is 6.92 Å². The third kappa shape index (κ3) is 3.65. The highest BCUT2D eigenvalue weighted by Gasteiger charge is 2.23. The van der Waals surface area contributed by atoms with E-state index in [1.807, 2.05) is 30.3 Å². The minimum absolute atomic E-state index is 0.459. The van der Waals surface area contributed by atoms with E-state index in [4.69, 9.17) is 4.98 Å². The first-order valence-corrected chi connectivity index (χ1v) is 9.12. The number of pyridine rings is 1. The molecule has 26 heavy (non-hydrogen) atoms. The molecule has 0 N–H and O–H groups in total. The summed E-state index contributed by atoms with van der Waals surface area (Å²) in [5.41, 5.74) is 5.67. The van der Waals surface area contributed by atoms with Crippen LogP contribution >= 0.6 is 0 Å². The fourth-order valence-corrected chi connectivity index (χ4v) is 3.74. The lowest BCUT2D eigenvalue weighted by molar-refractivity contribution is 0.194. The van der Waals surface area contributed by atoms with Crippen LogP contribution in [0.4, 0.5) is 0 Å². The summed E-state index contributed by atoms with van der Waals surface area (Å²) >= 11 is 0. The summed E-state index contributed by atoms with van der Waals surface area (Å²) in [4.78, 5) is 15.7. The SMILES string of the molecule is Cc1cc(-c2cncnc2)cc(C2CCCN(Cc3ccnn3C)C2)n1. The number of nitrogens with zero attached hydrogens (tertiary/aromatic N) is 6. The van der Waals surface area contributed by atoms with Crippen molar-refractivity contribution in [3.05, 3.63) is 60.2 Å². The molecule has 0 aliphatic carbocycles. The fraction of sp³-hybridized carbons (Fsp3) is 0.400. The Morgan fingerprint density at radius 3 is 2.77 bits per heavy atom. The summed E-state index contributed by atoms with van der Waals surface area (Å²) in [6.45, 7) is 5.17. The van der Waals surface area contributed by atoms with Crippen LogP contribution in [0.3, 0.4) is 0 Å². The highest BCUT2D eigenvalue weighted by Crippen LogP contribution is 2.29. The molecule has 1 unspecified atom stereocenters. The predicted molar refractivity (Wildman–Crippen MR) is 100 cm³/mol. The van der Waals surface area contributed by atoms with Gasteiger partial charge in [0.15, 0.2) is 0 Å². The zero-order chi connectivity index (χ0) is 17.9. The Kier molecular flexibility index (Phi) is 4.75. The lowest BCUT2D eigenvalue weighted by Crippen LogP contribution is -2.34. The number of aryl methyl sites for hydroxylation is 2. The van der Waals surface area contributed by atoms with Crippen molar-refractivity contribution in [1.82, 2.24) is 29.6 Å². The van der Waals surface area contributed by atoms with Crippen LogP contribution in [-0.4, -0.2) is 42.7 Å². The zero-order valence-electron chi connectivity index (χ0n) is 15.3. The van der Waals surface area contributed by atoms with Crippen LogP contribution in [0.1, 0.15) is 35.8 Å². The van der Waals surface area contributed by atoms with E-state index in [1.165, 1.54) is 24.2 Å². The van der Waals surface area contributed by atoms with Crippen molar-refractivity contribution >= 4 is 0 Å². The van der Waals surface area contributed by atoms with Crippen molar-refractivity contribution in [3.8, 4) is 11.1 Å². The van der Waals surface area contributed by atoms with Gasteiger partial charge in [-0.05, 0) is 50.1 Å². The van der Waals surface area contributed by atoms with Crippen molar-refractivity contribution in [1.29, 1.82) is 0 Å². The molecule has 0 spiro atoms. The maximum absolute atomic E-state index is 4.85. The number of likely N-dealkylation sites (tertiary alicyclic amines) is 1. The smallest absolute Gasteiger partial charge is 0.115 e. The minimum atomic E-state index is 0.459. The Morgan fingerprint density at radius 2 is 2.00 bits per heavy atom. The van der Waals surface area contributed by atoms with Crippen molar-refractivity contribution in [2.45, 2.75) is 32.2 Å². The average Bonchev–Trinajstić information content (AvgIpc) is 3.07. The molecule has 0 aromatic carbocycles. The van der Waals surface area contributed by atoms with Crippen LogP contribution in [0.15, 0.2) is 43.1 Å². The van der Waals surface area contributed by atoms with E-state index in [0.29, 0.717) is 5.92 Å². The van der Waals surface area contributed by atoms with Crippen LogP contribution in [0.25, 0.3) is 11.1 Å². The molecule has 1 aliphatic heterocycles. The molecule has 4 heterocycles. The van der Waals surface area contributed by atoms with Gasteiger partial charge in [0, 0.05) is 61.6 Å². The van der Waals surface area contributed by atoms with Crippen molar-refractivity contribution in [3.63, 3.8) is 0 Å².